The summed E-state index contributed by atoms with van der Waals surface area (Å²) in [5.41, 5.74) is 4.54. The lowest BCUT2D eigenvalue weighted by atomic mass is 9.87. The van der Waals surface area contributed by atoms with Crippen LogP contribution in [-0.4, -0.2) is 64.1 Å². The third kappa shape index (κ3) is 5.82. The topological polar surface area (TPSA) is 55.4 Å². The summed E-state index contributed by atoms with van der Waals surface area (Å²) in [5.74, 6) is 0.455. The van der Waals surface area contributed by atoms with E-state index in [2.05, 4.69) is 80.4 Å². The molecule has 0 saturated carbocycles. The van der Waals surface area contributed by atoms with Crippen molar-refractivity contribution in [2.45, 2.75) is 31.8 Å². The van der Waals surface area contributed by atoms with E-state index in [9.17, 15) is 5.11 Å². The average molecular weight is 419 g/mol. The molecule has 4 rings (SSSR count). The van der Waals surface area contributed by atoms with E-state index < -0.39 is 6.10 Å². The molecule has 1 fully saturated rings. The van der Waals surface area contributed by atoms with Gasteiger partial charge in [-0.15, -0.1) is 0 Å². The molecule has 5 nitrogen and oxygen atoms in total. The van der Waals surface area contributed by atoms with Crippen molar-refractivity contribution in [1.82, 2.24) is 19.8 Å². The van der Waals surface area contributed by atoms with E-state index in [-0.39, 0.29) is 0 Å². The van der Waals surface area contributed by atoms with Gasteiger partial charge in [-0.2, -0.15) is 0 Å². The average Bonchev–Trinajstić information content (AvgIpc) is 3.25. The number of aliphatic hydroxyl groups is 1. The molecule has 0 spiro atoms. The second-order valence-electron chi connectivity index (χ2n) is 8.59. The number of rotatable bonds is 9. The predicted molar refractivity (Wildman–Crippen MR) is 125 cm³/mol. The lowest BCUT2D eigenvalue weighted by Crippen LogP contribution is -2.47. The first kappa shape index (κ1) is 21.8. The number of imidazole rings is 1. The van der Waals surface area contributed by atoms with Gasteiger partial charge in [-0.25, -0.2) is 4.98 Å². The summed E-state index contributed by atoms with van der Waals surface area (Å²) in [6.45, 7) is 7.88. The third-order valence-corrected chi connectivity index (χ3v) is 6.45. The summed E-state index contributed by atoms with van der Waals surface area (Å²) < 4.78 is 0. The summed E-state index contributed by atoms with van der Waals surface area (Å²) in [6.07, 6.45) is 3.48. The molecule has 31 heavy (non-hydrogen) atoms. The smallest absolute Gasteiger partial charge is 0.110 e. The Bertz CT molecular complexity index is 864. The van der Waals surface area contributed by atoms with Gasteiger partial charge in [0.25, 0.3) is 0 Å². The summed E-state index contributed by atoms with van der Waals surface area (Å²) in [7, 11) is 0. The highest BCUT2D eigenvalue weighted by Gasteiger charge is 2.22. The van der Waals surface area contributed by atoms with Crippen LogP contribution in [0.5, 0.6) is 0 Å². The number of H-pyrrole nitrogens is 1. The molecule has 1 aliphatic heterocycles. The van der Waals surface area contributed by atoms with Crippen molar-refractivity contribution in [3.05, 3.63) is 89.5 Å². The minimum Gasteiger partial charge on any atom is -0.385 e. The second kappa shape index (κ2) is 10.7. The fourth-order valence-electron chi connectivity index (χ4n) is 4.65. The van der Waals surface area contributed by atoms with Crippen LogP contribution in [0.1, 0.15) is 47.4 Å². The first-order valence-corrected chi connectivity index (χ1v) is 11.4. The minimum absolute atomic E-state index is 0.455. The largest absolute Gasteiger partial charge is 0.385 e. The Balaban J connectivity index is 1.25. The van der Waals surface area contributed by atoms with Gasteiger partial charge >= 0.3 is 0 Å². The second-order valence-corrected chi connectivity index (χ2v) is 8.59. The van der Waals surface area contributed by atoms with Crippen molar-refractivity contribution in [3.8, 4) is 0 Å². The fraction of sp³-hybridized carbons (Fsp3) is 0.423. The maximum atomic E-state index is 10.5. The molecular formula is C26H34N4O. The van der Waals surface area contributed by atoms with Crippen LogP contribution in [-0.2, 0) is 0 Å². The van der Waals surface area contributed by atoms with Crippen molar-refractivity contribution in [3.63, 3.8) is 0 Å². The van der Waals surface area contributed by atoms with Crippen molar-refractivity contribution in [2.75, 3.05) is 39.3 Å². The first-order chi connectivity index (χ1) is 15.2. The molecule has 2 heterocycles. The number of nitrogens with one attached hydrogen (secondary N) is 1. The molecule has 1 aliphatic rings. The van der Waals surface area contributed by atoms with Crippen molar-refractivity contribution >= 4 is 0 Å². The van der Waals surface area contributed by atoms with E-state index in [4.69, 9.17) is 0 Å². The van der Waals surface area contributed by atoms with Crippen molar-refractivity contribution in [1.29, 1.82) is 0 Å². The van der Waals surface area contributed by atoms with E-state index >= 15 is 0 Å². The fourth-order valence-corrected chi connectivity index (χ4v) is 4.65. The Hall–Kier alpha value is -2.47. The zero-order valence-electron chi connectivity index (χ0n) is 18.5. The molecule has 1 saturated heterocycles. The van der Waals surface area contributed by atoms with E-state index in [1.165, 1.54) is 17.5 Å². The lowest BCUT2D eigenvalue weighted by Gasteiger charge is -2.35. The van der Waals surface area contributed by atoms with E-state index in [0.29, 0.717) is 12.5 Å². The van der Waals surface area contributed by atoms with Gasteiger partial charge in [0.15, 0.2) is 0 Å². The first-order valence-electron chi connectivity index (χ1n) is 11.4. The molecule has 5 heteroatoms. The highest BCUT2D eigenvalue weighted by Crippen LogP contribution is 2.29. The number of benzene rings is 2. The SMILES string of the molecule is Cc1[nH]cnc1C(O)CN1CCN(CCCC(c2ccccc2)c2ccccc2)CC1. The Labute approximate surface area is 185 Å². The zero-order chi connectivity index (χ0) is 21.5. The van der Waals surface area contributed by atoms with E-state index in [1.807, 2.05) is 6.92 Å². The van der Waals surface area contributed by atoms with Gasteiger partial charge in [0.1, 0.15) is 6.10 Å². The van der Waals surface area contributed by atoms with Gasteiger partial charge in [-0.1, -0.05) is 60.7 Å². The van der Waals surface area contributed by atoms with Crippen LogP contribution in [0, 0.1) is 6.92 Å². The van der Waals surface area contributed by atoms with Gasteiger partial charge in [0.05, 0.1) is 12.0 Å². The highest BCUT2D eigenvalue weighted by molar-refractivity contribution is 5.32. The number of aromatic nitrogens is 2. The normalized spacial score (nSPS) is 16.6. The number of nitrogens with zero attached hydrogens (tertiary/aromatic N) is 3. The van der Waals surface area contributed by atoms with Crippen LogP contribution in [0.15, 0.2) is 67.0 Å². The Morgan fingerprint density at radius 3 is 2.03 bits per heavy atom. The molecular weight excluding hydrogens is 384 g/mol. The van der Waals surface area contributed by atoms with Gasteiger partial charge in [0.2, 0.25) is 0 Å². The number of hydrogen-bond donors (Lipinski definition) is 2. The molecule has 0 bridgehead atoms. The lowest BCUT2D eigenvalue weighted by molar-refractivity contribution is 0.0699. The van der Waals surface area contributed by atoms with Crippen molar-refractivity contribution < 1.29 is 5.11 Å². The van der Waals surface area contributed by atoms with Crippen LogP contribution in [0.4, 0.5) is 0 Å². The maximum Gasteiger partial charge on any atom is 0.110 e. The van der Waals surface area contributed by atoms with Crippen LogP contribution < -0.4 is 0 Å². The third-order valence-electron chi connectivity index (χ3n) is 6.45. The summed E-state index contributed by atoms with van der Waals surface area (Å²) in [4.78, 5) is 12.2. The highest BCUT2D eigenvalue weighted by atomic mass is 16.3. The standard InChI is InChI=1S/C26H34N4O/c1-21-26(28-20-27-21)25(31)19-30-17-15-29(16-18-30)14-8-13-24(22-9-4-2-5-10-22)23-11-6-3-7-12-23/h2-7,9-12,20,24-25,31H,8,13-19H2,1H3,(H,27,28). The maximum absolute atomic E-state index is 10.5. The molecule has 1 atom stereocenters. The van der Waals surface area contributed by atoms with Crippen LogP contribution >= 0.6 is 0 Å². The summed E-state index contributed by atoms with van der Waals surface area (Å²) in [6, 6.07) is 21.8. The van der Waals surface area contributed by atoms with Crippen LogP contribution in [0.3, 0.4) is 0 Å². The van der Waals surface area contributed by atoms with E-state index in [0.717, 1.165) is 50.5 Å². The molecule has 1 unspecified atom stereocenters. The Morgan fingerprint density at radius 2 is 1.48 bits per heavy atom. The van der Waals surface area contributed by atoms with Crippen LogP contribution in [0.25, 0.3) is 0 Å². The van der Waals surface area contributed by atoms with Crippen LogP contribution in [0.2, 0.25) is 0 Å². The predicted octanol–water partition coefficient (Wildman–Crippen LogP) is 3.98. The number of aliphatic hydroxyl groups excluding tert-OH is 1. The molecule has 1 aromatic heterocycles. The van der Waals surface area contributed by atoms with Gasteiger partial charge in [-0.05, 0) is 37.4 Å². The number of aryl methyl sites for hydroxylation is 1. The Morgan fingerprint density at radius 1 is 0.903 bits per heavy atom. The summed E-state index contributed by atoms with van der Waals surface area (Å²) in [5, 5.41) is 10.5. The zero-order valence-corrected chi connectivity index (χ0v) is 18.5. The number of aromatic amines is 1. The molecule has 0 amide bonds. The minimum atomic E-state index is -0.518. The summed E-state index contributed by atoms with van der Waals surface area (Å²) >= 11 is 0. The monoisotopic (exact) mass is 418 g/mol. The van der Waals surface area contributed by atoms with Gasteiger partial charge < -0.3 is 15.0 Å². The molecule has 164 valence electrons. The molecule has 2 N–H and O–H groups in total. The van der Waals surface area contributed by atoms with Gasteiger partial charge in [0, 0.05) is 44.3 Å². The number of β-amino-alcohol motifs (C(OH)–C–C–N with tert-alkyl or cyclic N) is 1. The molecule has 0 radical (unpaired) electrons. The number of piperazine rings is 1. The Kier molecular flexibility index (Phi) is 7.52. The van der Waals surface area contributed by atoms with E-state index in [1.54, 1.807) is 6.33 Å². The molecule has 0 aliphatic carbocycles. The molecule has 3 aromatic rings. The molecule has 2 aromatic carbocycles. The number of hydrogen-bond acceptors (Lipinski definition) is 4. The van der Waals surface area contributed by atoms with Gasteiger partial charge in [-0.3, -0.25) is 4.90 Å². The quantitative estimate of drug-likeness (QED) is 0.552. The van der Waals surface area contributed by atoms with Crippen molar-refractivity contribution in [2.24, 2.45) is 0 Å².